The molecule has 0 radical (unpaired) electrons. The van der Waals surface area contributed by atoms with Gasteiger partial charge in [0.1, 0.15) is 0 Å². The molecular weight excluding hydrogens is 254 g/mol. The fourth-order valence-corrected chi connectivity index (χ4v) is 2.07. The molecular formula is C15H23N3O2. The molecule has 2 rings (SSSR count). The van der Waals surface area contributed by atoms with Crippen LogP contribution < -0.4 is 15.5 Å². The number of rotatable bonds is 4. The van der Waals surface area contributed by atoms with Gasteiger partial charge in [-0.15, -0.1) is 0 Å². The number of piperazine rings is 1. The highest BCUT2D eigenvalue weighted by molar-refractivity contribution is 5.84. The van der Waals surface area contributed by atoms with E-state index in [2.05, 4.69) is 15.5 Å². The number of nitrogens with zero attached hydrogens (tertiary/aromatic N) is 1. The zero-order chi connectivity index (χ0) is 14.4. The summed E-state index contributed by atoms with van der Waals surface area (Å²) in [5, 5.41) is 6.07. The second-order valence-electron chi connectivity index (χ2n) is 5.40. The van der Waals surface area contributed by atoms with Gasteiger partial charge in [0.2, 0.25) is 0 Å². The van der Waals surface area contributed by atoms with Crippen molar-refractivity contribution in [3.8, 4) is 0 Å². The molecule has 0 aromatic heterocycles. The van der Waals surface area contributed by atoms with Crippen LogP contribution in [0.3, 0.4) is 0 Å². The molecule has 110 valence electrons. The van der Waals surface area contributed by atoms with Gasteiger partial charge in [-0.25, -0.2) is 4.79 Å². The molecule has 0 aliphatic carbocycles. The van der Waals surface area contributed by atoms with Crippen LogP contribution in [0.2, 0.25) is 0 Å². The summed E-state index contributed by atoms with van der Waals surface area (Å²) in [5.41, 5.74) is 1.95. The molecule has 0 saturated carbocycles. The summed E-state index contributed by atoms with van der Waals surface area (Å²) < 4.78 is 5.09. The minimum atomic E-state index is -0.395. The standard InChI is InChI=1S/C15H23N3O2/c1-12(2)11-20-15(19)17-13-3-5-14(6-4-13)18-9-7-16-8-10-18/h3-6,12,16H,7-11H2,1-2H3,(H,17,19). The van der Waals surface area contributed by atoms with E-state index < -0.39 is 6.09 Å². The predicted molar refractivity (Wildman–Crippen MR) is 81.3 cm³/mol. The maximum Gasteiger partial charge on any atom is 0.411 e. The number of benzene rings is 1. The average Bonchev–Trinajstić information content (AvgIpc) is 2.47. The zero-order valence-electron chi connectivity index (χ0n) is 12.2. The highest BCUT2D eigenvalue weighted by Gasteiger charge is 2.10. The molecule has 0 atom stereocenters. The van der Waals surface area contributed by atoms with Gasteiger partial charge in [0.05, 0.1) is 6.61 Å². The molecule has 0 unspecified atom stereocenters. The summed E-state index contributed by atoms with van der Waals surface area (Å²) >= 11 is 0. The van der Waals surface area contributed by atoms with Crippen LogP contribution in [0.5, 0.6) is 0 Å². The van der Waals surface area contributed by atoms with Crippen LogP contribution >= 0.6 is 0 Å². The number of anilines is 2. The molecule has 2 N–H and O–H groups in total. The fourth-order valence-electron chi connectivity index (χ4n) is 2.07. The second-order valence-corrected chi connectivity index (χ2v) is 5.40. The number of amides is 1. The summed E-state index contributed by atoms with van der Waals surface area (Å²) in [6.45, 7) is 8.52. The lowest BCUT2D eigenvalue weighted by Crippen LogP contribution is -2.43. The van der Waals surface area contributed by atoms with Gasteiger partial charge in [-0.1, -0.05) is 13.8 Å². The third-order valence-corrected chi connectivity index (χ3v) is 3.14. The largest absolute Gasteiger partial charge is 0.449 e. The Labute approximate surface area is 120 Å². The summed E-state index contributed by atoms with van der Waals surface area (Å²) in [7, 11) is 0. The molecule has 1 saturated heterocycles. The lowest BCUT2D eigenvalue weighted by Gasteiger charge is -2.29. The van der Waals surface area contributed by atoms with E-state index in [4.69, 9.17) is 4.74 Å². The first-order chi connectivity index (χ1) is 9.65. The van der Waals surface area contributed by atoms with Gasteiger partial charge < -0.3 is 15.0 Å². The molecule has 5 heteroatoms. The molecule has 1 fully saturated rings. The van der Waals surface area contributed by atoms with Crippen molar-refractivity contribution < 1.29 is 9.53 Å². The Morgan fingerprint density at radius 1 is 1.30 bits per heavy atom. The highest BCUT2D eigenvalue weighted by Crippen LogP contribution is 2.18. The third-order valence-electron chi connectivity index (χ3n) is 3.14. The van der Waals surface area contributed by atoms with Crippen molar-refractivity contribution in [2.75, 3.05) is 43.0 Å². The van der Waals surface area contributed by atoms with E-state index >= 15 is 0 Å². The third kappa shape index (κ3) is 4.42. The van der Waals surface area contributed by atoms with Gasteiger partial charge in [-0.05, 0) is 30.2 Å². The van der Waals surface area contributed by atoms with E-state index in [-0.39, 0.29) is 0 Å². The van der Waals surface area contributed by atoms with E-state index in [1.165, 1.54) is 5.69 Å². The van der Waals surface area contributed by atoms with Crippen molar-refractivity contribution in [2.45, 2.75) is 13.8 Å². The van der Waals surface area contributed by atoms with E-state index in [9.17, 15) is 4.79 Å². The predicted octanol–water partition coefficient (Wildman–Crippen LogP) is 2.30. The normalized spacial score (nSPS) is 15.2. The lowest BCUT2D eigenvalue weighted by molar-refractivity contribution is 0.147. The fraction of sp³-hybridized carbons (Fsp3) is 0.533. The molecule has 0 bridgehead atoms. The molecule has 1 amide bonds. The maximum absolute atomic E-state index is 11.6. The quantitative estimate of drug-likeness (QED) is 0.886. The molecule has 0 spiro atoms. The van der Waals surface area contributed by atoms with E-state index in [0.29, 0.717) is 12.5 Å². The SMILES string of the molecule is CC(C)COC(=O)Nc1ccc(N2CCNCC2)cc1. The summed E-state index contributed by atoms with van der Waals surface area (Å²) in [6.07, 6.45) is -0.395. The van der Waals surface area contributed by atoms with Crippen molar-refractivity contribution in [2.24, 2.45) is 5.92 Å². The first-order valence-corrected chi connectivity index (χ1v) is 7.14. The van der Waals surface area contributed by atoms with Gasteiger partial charge in [-0.3, -0.25) is 5.32 Å². The van der Waals surface area contributed by atoms with Crippen molar-refractivity contribution >= 4 is 17.5 Å². The molecule has 5 nitrogen and oxygen atoms in total. The van der Waals surface area contributed by atoms with Crippen LogP contribution in [-0.2, 0) is 4.74 Å². The summed E-state index contributed by atoms with van der Waals surface area (Å²) in [6, 6.07) is 7.88. The number of carbonyl (C=O) groups is 1. The number of ether oxygens (including phenoxy) is 1. The van der Waals surface area contributed by atoms with Crippen molar-refractivity contribution in [1.29, 1.82) is 0 Å². The molecule has 1 aliphatic rings. The van der Waals surface area contributed by atoms with Crippen LogP contribution in [-0.4, -0.2) is 38.9 Å². The van der Waals surface area contributed by atoms with Crippen LogP contribution in [0.15, 0.2) is 24.3 Å². The number of carbonyl (C=O) groups excluding carboxylic acids is 1. The smallest absolute Gasteiger partial charge is 0.411 e. The Kier molecular flexibility index (Phi) is 5.24. The van der Waals surface area contributed by atoms with Crippen molar-refractivity contribution in [3.05, 3.63) is 24.3 Å². The van der Waals surface area contributed by atoms with Gasteiger partial charge in [-0.2, -0.15) is 0 Å². The molecule has 1 aromatic rings. The van der Waals surface area contributed by atoms with E-state index in [0.717, 1.165) is 31.9 Å². The van der Waals surface area contributed by atoms with Crippen molar-refractivity contribution in [3.63, 3.8) is 0 Å². The first-order valence-electron chi connectivity index (χ1n) is 7.14. The Balaban J connectivity index is 1.86. The average molecular weight is 277 g/mol. The highest BCUT2D eigenvalue weighted by atomic mass is 16.5. The number of hydrogen-bond acceptors (Lipinski definition) is 4. The second kappa shape index (κ2) is 7.14. The van der Waals surface area contributed by atoms with Gasteiger partial charge >= 0.3 is 6.09 Å². The Morgan fingerprint density at radius 2 is 1.95 bits per heavy atom. The lowest BCUT2D eigenvalue weighted by atomic mass is 10.2. The van der Waals surface area contributed by atoms with E-state index in [1.54, 1.807) is 0 Å². The van der Waals surface area contributed by atoms with E-state index in [1.807, 2.05) is 38.1 Å². The van der Waals surface area contributed by atoms with Crippen LogP contribution in [0, 0.1) is 5.92 Å². The summed E-state index contributed by atoms with van der Waals surface area (Å²) in [4.78, 5) is 13.9. The van der Waals surface area contributed by atoms with Crippen LogP contribution in [0.4, 0.5) is 16.2 Å². The van der Waals surface area contributed by atoms with Gasteiger partial charge in [0.15, 0.2) is 0 Å². The molecule has 1 aliphatic heterocycles. The Hall–Kier alpha value is -1.75. The molecule has 20 heavy (non-hydrogen) atoms. The Bertz CT molecular complexity index is 425. The maximum atomic E-state index is 11.6. The minimum absolute atomic E-state index is 0.343. The minimum Gasteiger partial charge on any atom is -0.449 e. The number of nitrogens with one attached hydrogen (secondary N) is 2. The summed E-state index contributed by atoms with van der Waals surface area (Å²) in [5.74, 6) is 0.343. The monoisotopic (exact) mass is 277 g/mol. The molecule has 1 heterocycles. The number of hydrogen-bond donors (Lipinski definition) is 2. The Morgan fingerprint density at radius 3 is 2.55 bits per heavy atom. The van der Waals surface area contributed by atoms with Crippen LogP contribution in [0.1, 0.15) is 13.8 Å². The van der Waals surface area contributed by atoms with Crippen molar-refractivity contribution in [1.82, 2.24) is 5.32 Å². The van der Waals surface area contributed by atoms with Gasteiger partial charge in [0, 0.05) is 37.6 Å². The van der Waals surface area contributed by atoms with Gasteiger partial charge in [0.25, 0.3) is 0 Å². The van der Waals surface area contributed by atoms with Crippen LogP contribution in [0.25, 0.3) is 0 Å². The zero-order valence-corrected chi connectivity index (χ0v) is 12.2. The topological polar surface area (TPSA) is 53.6 Å². The molecule has 1 aromatic carbocycles. The first kappa shape index (κ1) is 14.7.